The zero-order valence-corrected chi connectivity index (χ0v) is 11.2. The Bertz CT molecular complexity index is 367. The van der Waals surface area contributed by atoms with Gasteiger partial charge in [-0.3, -0.25) is 0 Å². The van der Waals surface area contributed by atoms with E-state index in [4.69, 9.17) is 21.4 Å². The molecule has 3 nitrogen and oxygen atoms in total. The molecule has 2 rings (SSSR count). The largest absolute Gasteiger partial charge is 0.394 e. The topological polar surface area (TPSA) is 41.5 Å². The lowest BCUT2D eigenvalue weighted by atomic mass is 9.76. The summed E-state index contributed by atoms with van der Waals surface area (Å²) in [6, 6.07) is 8.73. The first-order valence-corrected chi connectivity index (χ1v) is 6.85. The molecule has 1 aromatic rings. The van der Waals surface area contributed by atoms with Crippen molar-refractivity contribution in [3.63, 3.8) is 0 Å². The molecular weight excluding hydrogens is 250 g/mol. The van der Waals surface area contributed by atoms with Gasteiger partial charge in [0.05, 0.1) is 19.8 Å². The van der Waals surface area contributed by atoms with E-state index in [-0.39, 0.29) is 6.61 Å². The maximum Gasteiger partial charge on any atom is 0.0698 e. The summed E-state index contributed by atoms with van der Waals surface area (Å²) >= 11 is 5.99. The Morgan fingerprint density at radius 1 is 1.33 bits per heavy atom. The van der Waals surface area contributed by atoms with Gasteiger partial charge in [0, 0.05) is 17.6 Å². The first kappa shape index (κ1) is 13.8. The third kappa shape index (κ3) is 3.95. The minimum absolute atomic E-state index is 0.0975. The molecule has 0 unspecified atom stereocenters. The number of hydrogen-bond donors (Lipinski definition) is 2. The van der Waals surface area contributed by atoms with Crippen molar-refractivity contribution < 1.29 is 9.84 Å². The summed E-state index contributed by atoms with van der Waals surface area (Å²) < 4.78 is 5.20. The molecule has 0 saturated heterocycles. The van der Waals surface area contributed by atoms with E-state index in [2.05, 4.69) is 17.4 Å². The number of aliphatic hydroxyl groups excluding tert-OH is 1. The number of benzene rings is 1. The van der Waals surface area contributed by atoms with Gasteiger partial charge in [0.2, 0.25) is 0 Å². The second kappa shape index (κ2) is 7.10. The molecule has 0 amide bonds. The normalized spacial score (nSPS) is 22.8. The molecule has 0 atom stereocenters. The summed E-state index contributed by atoms with van der Waals surface area (Å²) in [5.74, 6) is 0.638. The third-order valence-electron chi connectivity index (χ3n) is 3.37. The molecule has 100 valence electrons. The lowest BCUT2D eigenvalue weighted by Gasteiger charge is -2.36. The molecule has 1 aliphatic rings. The molecule has 0 spiro atoms. The van der Waals surface area contributed by atoms with Crippen LogP contribution >= 0.6 is 11.6 Å². The van der Waals surface area contributed by atoms with Crippen LogP contribution in [-0.2, 0) is 4.74 Å². The quantitative estimate of drug-likeness (QED) is 0.746. The van der Waals surface area contributed by atoms with Gasteiger partial charge in [0.25, 0.3) is 0 Å². The number of ether oxygens (including phenoxy) is 1. The third-order valence-corrected chi connectivity index (χ3v) is 3.61. The van der Waals surface area contributed by atoms with Crippen LogP contribution in [0, 0.1) is 0 Å². The molecule has 1 aliphatic carbocycles. The van der Waals surface area contributed by atoms with E-state index < -0.39 is 0 Å². The summed E-state index contributed by atoms with van der Waals surface area (Å²) in [7, 11) is 0. The number of halogens is 1. The predicted octanol–water partition coefficient (Wildman–Crippen LogP) is 2.18. The Labute approximate surface area is 113 Å². The number of aliphatic hydroxyl groups is 1. The number of rotatable bonds is 7. The molecule has 0 radical (unpaired) electrons. The van der Waals surface area contributed by atoms with Gasteiger partial charge >= 0.3 is 0 Å². The van der Waals surface area contributed by atoms with E-state index in [1.165, 1.54) is 18.4 Å². The van der Waals surface area contributed by atoms with Crippen LogP contribution in [0.5, 0.6) is 0 Å². The van der Waals surface area contributed by atoms with Crippen LogP contribution in [-0.4, -0.2) is 37.5 Å². The second-order valence-corrected chi connectivity index (χ2v) is 5.15. The summed E-state index contributed by atoms with van der Waals surface area (Å²) in [6.07, 6.45) is 2.33. The van der Waals surface area contributed by atoms with E-state index in [1.807, 2.05) is 12.1 Å². The summed E-state index contributed by atoms with van der Waals surface area (Å²) in [5, 5.41) is 12.8. The van der Waals surface area contributed by atoms with E-state index in [9.17, 15) is 0 Å². The van der Waals surface area contributed by atoms with Crippen LogP contribution in [0.25, 0.3) is 0 Å². The van der Waals surface area contributed by atoms with Gasteiger partial charge in [-0.1, -0.05) is 23.7 Å². The predicted molar refractivity (Wildman–Crippen MR) is 73.1 cm³/mol. The Balaban J connectivity index is 1.62. The first-order chi connectivity index (χ1) is 8.79. The SMILES string of the molecule is OCCOCCNC1CC(c2cccc(Cl)c2)C1. The minimum atomic E-state index is 0.0975. The Morgan fingerprint density at radius 3 is 2.89 bits per heavy atom. The molecule has 2 N–H and O–H groups in total. The van der Waals surface area contributed by atoms with Gasteiger partial charge in [-0.15, -0.1) is 0 Å². The van der Waals surface area contributed by atoms with Crippen LogP contribution in [0.4, 0.5) is 0 Å². The fourth-order valence-electron chi connectivity index (χ4n) is 2.32. The minimum Gasteiger partial charge on any atom is -0.394 e. The molecule has 0 aliphatic heterocycles. The molecule has 0 aromatic heterocycles. The van der Waals surface area contributed by atoms with Crippen molar-refractivity contribution in [2.45, 2.75) is 24.8 Å². The zero-order chi connectivity index (χ0) is 12.8. The van der Waals surface area contributed by atoms with Crippen molar-refractivity contribution >= 4 is 11.6 Å². The van der Waals surface area contributed by atoms with Crippen LogP contribution in [0.1, 0.15) is 24.3 Å². The highest BCUT2D eigenvalue weighted by molar-refractivity contribution is 6.30. The summed E-state index contributed by atoms with van der Waals surface area (Å²) in [4.78, 5) is 0. The molecule has 1 aromatic carbocycles. The highest BCUT2D eigenvalue weighted by atomic mass is 35.5. The molecular formula is C14H20ClNO2. The fraction of sp³-hybridized carbons (Fsp3) is 0.571. The molecule has 0 heterocycles. The molecule has 18 heavy (non-hydrogen) atoms. The second-order valence-electron chi connectivity index (χ2n) is 4.71. The lowest BCUT2D eigenvalue weighted by Crippen LogP contribution is -2.41. The highest BCUT2D eigenvalue weighted by Crippen LogP contribution is 2.37. The van der Waals surface area contributed by atoms with Crippen LogP contribution in [0.2, 0.25) is 5.02 Å². The Kier molecular flexibility index (Phi) is 5.45. The van der Waals surface area contributed by atoms with Crippen molar-refractivity contribution in [3.05, 3.63) is 34.9 Å². The molecule has 1 fully saturated rings. The van der Waals surface area contributed by atoms with Crippen LogP contribution < -0.4 is 5.32 Å². The van der Waals surface area contributed by atoms with E-state index >= 15 is 0 Å². The van der Waals surface area contributed by atoms with E-state index in [1.54, 1.807) is 0 Å². The Hall–Kier alpha value is -0.610. The molecule has 4 heteroatoms. The monoisotopic (exact) mass is 269 g/mol. The average Bonchev–Trinajstić information content (AvgIpc) is 2.31. The molecule has 1 saturated carbocycles. The van der Waals surface area contributed by atoms with E-state index in [0.29, 0.717) is 25.2 Å². The van der Waals surface area contributed by atoms with Gasteiger partial charge in [-0.05, 0) is 36.5 Å². The average molecular weight is 270 g/mol. The zero-order valence-electron chi connectivity index (χ0n) is 10.4. The maximum absolute atomic E-state index is 8.56. The number of hydrogen-bond acceptors (Lipinski definition) is 3. The number of nitrogens with one attached hydrogen (secondary N) is 1. The van der Waals surface area contributed by atoms with Gasteiger partial charge in [-0.25, -0.2) is 0 Å². The highest BCUT2D eigenvalue weighted by Gasteiger charge is 2.29. The Morgan fingerprint density at radius 2 is 2.17 bits per heavy atom. The van der Waals surface area contributed by atoms with Crippen molar-refractivity contribution in [2.75, 3.05) is 26.4 Å². The smallest absolute Gasteiger partial charge is 0.0698 e. The van der Waals surface area contributed by atoms with E-state index in [0.717, 1.165) is 11.6 Å². The van der Waals surface area contributed by atoms with Gasteiger partial charge < -0.3 is 15.2 Å². The van der Waals surface area contributed by atoms with Crippen molar-refractivity contribution in [1.82, 2.24) is 5.32 Å². The van der Waals surface area contributed by atoms with Crippen molar-refractivity contribution in [3.8, 4) is 0 Å². The van der Waals surface area contributed by atoms with Gasteiger partial charge in [0.1, 0.15) is 0 Å². The van der Waals surface area contributed by atoms with Crippen molar-refractivity contribution in [2.24, 2.45) is 0 Å². The van der Waals surface area contributed by atoms with Crippen LogP contribution in [0.3, 0.4) is 0 Å². The summed E-state index contributed by atoms with van der Waals surface area (Å²) in [6.45, 7) is 2.05. The first-order valence-electron chi connectivity index (χ1n) is 6.47. The summed E-state index contributed by atoms with van der Waals surface area (Å²) in [5.41, 5.74) is 1.34. The van der Waals surface area contributed by atoms with Gasteiger partial charge in [0.15, 0.2) is 0 Å². The maximum atomic E-state index is 8.56. The fourth-order valence-corrected chi connectivity index (χ4v) is 2.52. The lowest BCUT2D eigenvalue weighted by molar-refractivity contribution is 0.0901. The van der Waals surface area contributed by atoms with Crippen molar-refractivity contribution in [1.29, 1.82) is 0 Å². The van der Waals surface area contributed by atoms with Crippen LogP contribution in [0.15, 0.2) is 24.3 Å². The molecule has 0 bridgehead atoms. The standard InChI is InChI=1S/C14H20ClNO2/c15-13-3-1-2-11(8-13)12-9-14(10-12)16-4-6-18-7-5-17/h1-3,8,12,14,16-17H,4-7,9-10H2. The van der Waals surface area contributed by atoms with Gasteiger partial charge in [-0.2, -0.15) is 0 Å².